The summed E-state index contributed by atoms with van der Waals surface area (Å²) >= 11 is 0. The molecule has 0 amide bonds. The van der Waals surface area contributed by atoms with Gasteiger partial charge in [-0.25, -0.2) is 0 Å². The Morgan fingerprint density at radius 1 is 0.893 bits per heavy atom. The van der Waals surface area contributed by atoms with Crippen molar-refractivity contribution in [1.82, 2.24) is 0 Å². The minimum absolute atomic E-state index is 0.0535. The molecule has 0 aliphatic rings. The smallest absolute Gasteiger partial charge is 0.339 e. The highest BCUT2D eigenvalue weighted by molar-refractivity contribution is 7.87. The van der Waals surface area contributed by atoms with Gasteiger partial charge >= 0.3 is 10.1 Å². The molecule has 3 aromatic rings. The largest absolute Gasteiger partial charge is 0.485 e. The molecule has 0 atom stereocenters. The van der Waals surface area contributed by atoms with Crippen LogP contribution in [-0.4, -0.2) is 8.42 Å². The summed E-state index contributed by atoms with van der Waals surface area (Å²) in [6.07, 6.45) is 0.139. The van der Waals surface area contributed by atoms with Gasteiger partial charge in [-0.3, -0.25) is 0 Å². The minimum Gasteiger partial charge on any atom is -0.485 e. The van der Waals surface area contributed by atoms with E-state index in [1.807, 2.05) is 43.3 Å². The van der Waals surface area contributed by atoms with Crippen LogP contribution in [0.2, 0.25) is 0 Å². The molecular weight excluding hydrogens is 374 g/mol. The molecule has 0 aliphatic heterocycles. The Kier molecular flexibility index (Phi) is 5.97. The van der Waals surface area contributed by atoms with Crippen LogP contribution in [0, 0.1) is 18.3 Å². The number of rotatable bonds is 7. The van der Waals surface area contributed by atoms with Gasteiger partial charge in [0.15, 0.2) is 11.5 Å². The van der Waals surface area contributed by atoms with E-state index in [1.54, 1.807) is 24.3 Å². The summed E-state index contributed by atoms with van der Waals surface area (Å²) in [4.78, 5) is 0.0535. The predicted octanol–water partition coefficient (Wildman–Crippen LogP) is 4.41. The number of aryl methyl sites for hydroxylation is 1. The standard InChI is InChI=1S/C22H19NO4S/c1-17-7-10-20(11-8-17)28(24,25)27-22-15-18(13-14-23)9-12-21(22)26-16-19-5-3-2-4-6-19/h2-12,15H,13,16H2,1H3. The fourth-order valence-corrected chi connectivity index (χ4v) is 3.48. The summed E-state index contributed by atoms with van der Waals surface area (Å²) in [6.45, 7) is 2.14. The second kappa shape index (κ2) is 8.59. The first-order valence-electron chi connectivity index (χ1n) is 8.66. The van der Waals surface area contributed by atoms with Crippen LogP contribution in [0.15, 0.2) is 77.7 Å². The third kappa shape index (κ3) is 4.90. The third-order valence-corrected chi connectivity index (χ3v) is 5.29. The van der Waals surface area contributed by atoms with Gasteiger partial charge in [0.2, 0.25) is 0 Å². The third-order valence-electron chi connectivity index (χ3n) is 4.04. The van der Waals surface area contributed by atoms with E-state index < -0.39 is 10.1 Å². The van der Waals surface area contributed by atoms with Gasteiger partial charge in [-0.15, -0.1) is 0 Å². The average molecular weight is 393 g/mol. The Hall–Kier alpha value is -3.30. The molecule has 3 aromatic carbocycles. The molecule has 28 heavy (non-hydrogen) atoms. The lowest BCUT2D eigenvalue weighted by molar-refractivity contribution is 0.296. The van der Waals surface area contributed by atoms with Crippen LogP contribution in [0.5, 0.6) is 11.5 Å². The topological polar surface area (TPSA) is 76.4 Å². The molecule has 3 rings (SSSR count). The maximum atomic E-state index is 12.7. The molecular formula is C22H19NO4S. The summed E-state index contributed by atoms with van der Waals surface area (Å²) in [5, 5.41) is 8.93. The lowest BCUT2D eigenvalue weighted by Crippen LogP contribution is -2.11. The van der Waals surface area contributed by atoms with Crippen molar-refractivity contribution < 1.29 is 17.3 Å². The van der Waals surface area contributed by atoms with E-state index in [2.05, 4.69) is 0 Å². The van der Waals surface area contributed by atoms with Gasteiger partial charge in [0.05, 0.1) is 12.5 Å². The van der Waals surface area contributed by atoms with Crippen LogP contribution in [0.3, 0.4) is 0 Å². The van der Waals surface area contributed by atoms with Crippen LogP contribution in [0.25, 0.3) is 0 Å². The number of nitriles is 1. The van der Waals surface area contributed by atoms with Crippen molar-refractivity contribution in [2.24, 2.45) is 0 Å². The first kappa shape index (κ1) is 19.5. The van der Waals surface area contributed by atoms with Gasteiger partial charge in [0, 0.05) is 0 Å². The molecule has 142 valence electrons. The van der Waals surface area contributed by atoms with E-state index in [4.69, 9.17) is 14.2 Å². The Morgan fingerprint density at radius 3 is 2.29 bits per heavy atom. The summed E-state index contributed by atoms with van der Waals surface area (Å²) in [5.41, 5.74) is 2.53. The maximum Gasteiger partial charge on any atom is 0.339 e. The predicted molar refractivity (Wildman–Crippen MR) is 106 cm³/mol. The fourth-order valence-electron chi connectivity index (χ4n) is 2.54. The Bertz CT molecular complexity index is 1090. The van der Waals surface area contributed by atoms with Crippen molar-refractivity contribution >= 4 is 10.1 Å². The van der Waals surface area contributed by atoms with Crippen molar-refractivity contribution in [3.05, 3.63) is 89.5 Å². The second-order valence-electron chi connectivity index (χ2n) is 6.24. The monoisotopic (exact) mass is 393 g/mol. The first-order valence-corrected chi connectivity index (χ1v) is 10.1. The van der Waals surface area contributed by atoms with E-state index in [1.165, 1.54) is 18.2 Å². The van der Waals surface area contributed by atoms with Gasteiger partial charge in [0.25, 0.3) is 0 Å². The van der Waals surface area contributed by atoms with Crippen molar-refractivity contribution in [2.75, 3.05) is 0 Å². The molecule has 0 spiro atoms. The quantitative estimate of drug-likeness (QED) is 0.556. The number of hydrogen-bond acceptors (Lipinski definition) is 5. The molecule has 0 saturated carbocycles. The highest BCUT2D eigenvalue weighted by atomic mass is 32.2. The SMILES string of the molecule is Cc1ccc(S(=O)(=O)Oc2cc(CC#N)ccc2OCc2ccccc2)cc1. The van der Waals surface area contributed by atoms with E-state index >= 15 is 0 Å². The van der Waals surface area contributed by atoms with Gasteiger partial charge < -0.3 is 8.92 Å². The highest BCUT2D eigenvalue weighted by Crippen LogP contribution is 2.32. The second-order valence-corrected chi connectivity index (χ2v) is 7.79. The molecule has 6 heteroatoms. The lowest BCUT2D eigenvalue weighted by Gasteiger charge is -2.14. The maximum absolute atomic E-state index is 12.7. The zero-order chi connectivity index (χ0) is 20.0. The summed E-state index contributed by atoms with van der Waals surface area (Å²) < 4.78 is 36.5. The molecule has 0 aliphatic carbocycles. The molecule has 0 saturated heterocycles. The summed E-state index contributed by atoms with van der Waals surface area (Å²) in [7, 11) is -4.03. The fraction of sp³-hybridized carbons (Fsp3) is 0.136. The molecule has 0 N–H and O–H groups in total. The van der Waals surface area contributed by atoms with E-state index in [9.17, 15) is 8.42 Å². The molecule has 0 bridgehead atoms. The van der Waals surface area contributed by atoms with Crippen LogP contribution in [0.1, 0.15) is 16.7 Å². The van der Waals surface area contributed by atoms with Crippen LogP contribution in [0.4, 0.5) is 0 Å². The summed E-state index contributed by atoms with van der Waals surface area (Å²) in [5.74, 6) is 0.352. The Balaban J connectivity index is 1.89. The van der Waals surface area contributed by atoms with Gasteiger partial charge in [-0.1, -0.05) is 54.1 Å². The number of benzene rings is 3. The Morgan fingerprint density at radius 2 is 1.61 bits per heavy atom. The van der Waals surface area contributed by atoms with Crippen molar-refractivity contribution in [1.29, 1.82) is 5.26 Å². The zero-order valence-electron chi connectivity index (χ0n) is 15.3. The molecule has 0 unspecified atom stereocenters. The van der Waals surface area contributed by atoms with Crippen LogP contribution < -0.4 is 8.92 Å². The Labute approximate surface area is 164 Å². The number of hydrogen-bond donors (Lipinski definition) is 0. The minimum atomic E-state index is -4.03. The average Bonchev–Trinajstić information content (AvgIpc) is 2.68. The van der Waals surface area contributed by atoms with Crippen LogP contribution in [-0.2, 0) is 23.1 Å². The lowest BCUT2D eigenvalue weighted by atomic mass is 10.1. The number of ether oxygens (including phenoxy) is 1. The molecule has 0 radical (unpaired) electrons. The van der Waals surface area contributed by atoms with Gasteiger partial charge in [-0.2, -0.15) is 13.7 Å². The van der Waals surface area contributed by atoms with Gasteiger partial charge in [0.1, 0.15) is 11.5 Å². The first-order chi connectivity index (χ1) is 13.5. The van der Waals surface area contributed by atoms with Crippen molar-refractivity contribution in [3.8, 4) is 17.6 Å². The van der Waals surface area contributed by atoms with E-state index in [0.717, 1.165) is 11.1 Å². The molecule has 0 aromatic heterocycles. The molecule has 0 fully saturated rings. The van der Waals surface area contributed by atoms with Crippen molar-refractivity contribution in [3.63, 3.8) is 0 Å². The van der Waals surface area contributed by atoms with Crippen LogP contribution >= 0.6 is 0 Å². The van der Waals surface area contributed by atoms with E-state index in [-0.39, 0.29) is 23.7 Å². The number of nitrogens with zero attached hydrogens (tertiary/aromatic N) is 1. The normalized spacial score (nSPS) is 10.9. The van der Waals surface area contributed by atoms with Gasteiger partial charge in [-0.05, 0) is 42.3 Å². The van der Waals surface area contributed by atoms with Crippen molar-refractivity contribution in [2.45, 2.75) is 24.8 Å². The molecule has 0 heterocycles. The van der Waals surface area contributed by atoms with E-state index in [0.29, 0.717) is 11.3 Å². The summed E-state index contributed by atoms with van der Waals surface area (Å²) in [6, 6.07) is 22.8. The molecule has 5 nitrogen and oxygen atoms in total. The zero-order valence-corrected chi connectivity index (χ0v) is 16.1. The highest BCUT2D eigenvalue weighted by Gasteiger charge is 2.20.